The molecule has 0 aliphatic heterocycles. The zero-order valence-corrected chi connectivity index (χ0v) is 7.71. The number of rotatable bonds is 3. The van der Waals surface area contributed by atoms with Crippen LogP contribution in [0.1, 0.15) is 6.92 Å². The molecule has 0 bridgehead atoms. The van der Waals surface area contributed by atoms with E-state index in [1.807, 2.05) is 25.1 Å². The van der Waals surface area contributed by atoms with Gasteiger partial charge in [0, 0.05) is 11.8 Å². The first-order valence-electron chi connectivity index (χ1n) is 3.81. The molecule has 0 fully saturated rings. The molecule has 2 nitrogen and oxygen atoms in total. The number of ether oxygens (including phenoxy) is 1. The smallest absolute Gasteiger partial charge is 0.121 e. The van der Waals surface area contributed by atoms with Crippen molar-refractivity contribution in [1.82, 2.24) is 0 Å². The first-order valence-corrected chi connectivity index (χ1v) is 4.24. The predicted molar refractivity (Wildman–Crippen MR) is 51.7 cm³/mol. The lowest BCUT2D eigenvalue weighted by Crippen LogP contribution is -2.07. The molecular weight excluding hydrogens is 174 g/mol. The van der Waals surface area contributed by atoms with Gasteiger partial charge < -0.3 is 10.5 Å². The summed E-state index contributed by atoms with van der Waals surface area (Å²) < 4.78 is 5.34. The molecule has 3 heteroatoms. The molecule has 1 aromatic rings. The van der Waals surface area contributed by atoms with Crippen molar-refractivity contribution in [3.8, 4) is 5.75 Å². The van der Waals surface area contributed by atoms with Crippen molar-refractivity contribution in [3.63, 3.8) is 0 Å². The standard InChI is InChI=1S/C9H12ClNO/c1-7(10)6-12-9-4-2-3-8(11)5-9/h2-5,7H,6,11H2,1H3. The Kier molecular flexibility index (Phi) is 3.23. The lowest BCUT2D eigenvalue weighted by molar-refractivity contribution is 0.320. The van der Waals surface area contributed by atoms with Crippen LogP contribution in [0.4, 0.5) is 5.69 Å². The van der Waals surface area contributed by atoms with Crippen LogP contribution in [0.3, 0.4) is 0 Å². The molecule has 0 aliphatic rings. The van der Waals surface area contributed by atoms with Gasteiger partial charge in [0.1, 0.15) is 12.4 Å². The molecule has 0 spiro atoms. The molecule has 2 N–H and O–H groups in total. The highest BCUT2D eigenvalue weighted by atomic mass is 35.5. The van der Waals surface area contributed by atoms with E-state index < -0.39 is 0 Å². The highest BCUT2D eigenvalue weighted by Gasteiger charge is 1.97. The van der Waals surface area contributed by atoms with E-state index in [0.29, 0.717) is 12.3 Å². The zero-order valence-electron chi connectivity index (χ0n) is 6.96. The SMILES string of the molecule is CC(Cl)COc1cccc(N)c1. The minimum Gasteiger partial charge on any atom is -0.492 e. The lowest BCUT2D eigenvalue weighted by Gasteiger charge is -2.07. The van der Waals surface area contributed by atoms with E-state index in [4.69, 9.17) is 22.1 Å². The van der Waals surface area contributed by atoms with E-state index in [2.05, 4.69) is 0 Å². The van der Waals surface area contributed by atoms with Crippen molar-refractivity contribution >= 4 is 17.3 Å². The second-order valence-corrected chi connectivity index (χ2v) is 3.41. The number of hydrogen-bond donors (Lipinski definition) is 1. The molecule has 0 heterocycles. The predicted octanol–water partition coefficient (Wildman–Crippen LogP) is 2.27. The second kappa shape index (κ2) is 4.21. The Bertz CT molecular complexity index is 250. The van der Waals surface area contributed by atoms with Gasteiger partial charge in [-0.15, -0.1) is 11.6 Å². The Morgan fingerprint density at radius 1 is 1.58 bits per heavy atom. The van der Waals surface area contributed by atoms with E-state index in [1.54, 1.807) is 6.07 Å². The summed E-state index contributed by atoms with van der Waals surface area (Å²) in [6, 6.07) is 7.30. The molecule has 1 aromatic carbocycles. The number of anilines is 1. The fourth-order valence-corrected chi connectivity index (χ4v) is 0.878. The van der Waals surface area contributed by atoms with Gasteiger partial charge in [-0.25, -0.2) is 0 Å². The third-order valence-corrected chi connectivity index (χ3v) is 1.46. The summed E-state index contributed by atoms with van der Waals surface area (Å²) in [4.78, 5) is 0. The summed E-state index contributed by atoms with van der Waals surface area (Å²) in [6.07, 6.45) is 0. The number of halogens is 1. The fraction of sp³-hybridized carbons (Fsp3) is 0.333. The first-order chi connectivity index (χ1) is 5.68. The van der Waals surface area contributed by atoms with Crippen molar-refractivity contribution in [1.29, 1.82) is 0 Å². The Morgan fingerprint density at radius 2 is 2.33 bits per heavy atom. The average molecular weight is 186 g/mol. The maximum atomic E-state index is 5.71. The highest BCUT2D eigenvalue weighted by Crippen LogP contribution is 2.14. The second-order valence-electron chi connectivity index (χ2n) is 2.66. The quantitative estimate of drug-likeness (QED) is 0.579. The summed E-state index contributed by atoms with van der Waals surface area (Å²) in [5.74, 6) is 0.766. The fourth-order valence-electron chi connectivity index (χ4n) is 0.815. The van der Waals surface area contributed by atoms with E-state index in [-0.39, 0.29) is 5.38 Å². The maximum Gasteiger partial charge on any atom is 0.121 e. The monoisotopic (exact) mass is 185 g/mol. The number of nitrogen functional groups attached to an aromatic ring is 1. The van der Waals surface area contributed by atoms with Gasteiger partial charge in [-0.2, -0.15) is 0 Å². The number of hydrogen-bond acceptors (Lipinski definition) is 2. The van der Waals surface area contributed by atoms with Gasteiger partial charge in [0.15, 0.2) is 0 Å². The summed E-state index contributed by atoms with van der Waals surface area (Å²) >= 11 is 5.71. The maximum absolute atomic E-state index is 5.71. The molecule has 1 rings (SSSR count). The molecule has 66 valence electrons. The Balaban J connectivity index is 2.52. The van der Waals surface area contributed by atoms with Gasteiger partial charge in [-0.05, 0) is 19.1 Å². The zero-order chi connectivity index (χ0) is 8.97. The van der Waals surface area contributed by atoms with Crippen molar-refractivity contribution in [2.24, 2.45) is 0 Å². The minimum absolute atomic E-state index is 0.0198. The normalized spacial score (nSPS) is 12.5. The van der Waals surface area contributed by atoms with Gasteiger partial charge in [0.25, 0.3) is 0 Å². The largest absolute Gasteiger partial charge is 0.492 e. The number of alkyl halides is 1. The van der Waals surface area contributed by atoms with Crippen molar-refractivity contribution in [3.05, 3.63) is 24.3 Å². The molecule has 0 amide bonds. The summed E-state index contributed by atoms with van der Waals surface area (Å²) in [6.45, 7) is 2.39. The van der Waals surface area contributed by atoms with Crippen LogP contribution in [0.5, 0.6) is 5.75 Å². The van der Waals surface area contributed by atoms with E-state index in [1.165, 1.54) is 0 Å². The summed E-state index contributed by atoms with van der Waals surface area (Å²) in [7, 11) is 0. The third kappa shape index (κ3) is 3.01. The van der Waals surface area contributed by atoms with Crippen molar-refractivity contribution < 1.29 is 4.74 Å². The molecular formula is C9H12ClNO. The van der Waals surface area contributed by atoms with Gasteiger partial charge in [-0.3, -0.25) is 0 Å². The van der Waals surface area contributed by atoms with Crippen LogP contribution < -0.4 is 10.5 Å². The van der Waals surface area contributed by atoms with Gasteiger partial charge in [-0.1, -0.05) is 6.07 Å². The molecule has 0 saturated heterocycles. The van der Waals surface area contributed by atoms with Crippen LogP contribution in [0.25, 0.3) is 0 Å². The Labute approximate surface area is 77.3 Å². The Hall–Kier alpha value is -0.890. The summed E-state index contributed by atoms with van der Waals surface area (Å²) in [5.41, 5.74) is 6.26. The van der Waals surface area contributed by atoms with Crippen LogP contribution in [0.2, 0.25) is 0 Å². The topological polar surface area (TPSA) is 35.2 Å². The third-order valence-electron chi connectivity index (χ3n) is 1.34. The molecule has 12 heavy (non-hydrogen) atoms. The van der Waals surface area contributed by atoms with Crippen LogP contribution in [-0.2, 0) is 0 Å². The number of nitrogens with two attached hydrogens (primary N) is 1. The van der Waals surface area contributed by atoms with Gasteiger partial charge in [0.05, 0.1) is 5.38 Å². The molecule has 0 aliphatic carbocycles. The van der Waals surface area contributed by atoms with Crippen molar-refractivity contribution in [2.75, 3.05) is 12.3 Å². The van der Waals surface area contributed by atoms with Gasteiger partial charge in [0.2, 0.25) is 0 Å². The van der Waals surface area contributed by atoms with E-state index in [0.717, 1.165) is 5.75 Å². The molecule has 0 saturated carbocycles. The lowest BCUT2D eigenvalue weighted by atomic mass is 10.3. The first kappa shape index (κ1) is 9.20. The molecule has 0 radical (unpaired) electrons. The Morgan fingerprint density at radius 3 is 2.92 bits per heavy atom. The van der Waals surface area contributed by atoms with E-state index in [9.17, 15) is 0 Å². The van der Waals surface area contributed by atoms with Crippen LogP contribution >= 0.6 is 11.6 Å². The van der Waals surface area contributed by atoms with Crippen LogP contribution in [-0.4, -0.2) is 12.0 Å². The molecule has 0 aromatic heterocycles. The average Bonchev–Trinajstić information content (AvgIpc) is 2.01. The van der Waals surface area contributed by atoms with Crippen molar-refractivity contribution in [2.45, 2.75) is 12.3 Å². The molecule has 1 atom stereocenters. The van der Waals surface area contributed by atoms with Crippen LogP contribution in [0, 0.1) is 0 Å². The highest BCUT2D eigenvalue weighted by molar-refractivity contribution is 6.20. The molecule has 1 unspecified atom stereocenters. The van der Waals surface area contributed by atoms with Crippen LogP contribution in [0.15, 0.2) is 24.3 Å². The minimum atomic E-state index is 0.0198. The van der Waals surface area contributed by atoms with E-state index >= 15 is 0 Å². The summed E-state index contributed by atoms with van der Waals surface area (Å²) in [5, 5.41) is 0.0198. The number of benzene rings is 1. The van der Waals surface area contributed by atoms with Gasteiger partial charge >= 0.3 is 0 Å².